The highest BCUT2D eigenvalue weighted by molar-refractivity contribution is 5.85. The van der Waals surface area contributed by atoms with E-state index >= 15 is 0 Å². The van der Waals surface area contributed by atoms with Crippen molar-refractivity contribution in [1.29, 1.82) is 5.26 Å². The molecule has 0 bridgehead atoms. The van der Waals surface area contributed by atoms with Crippen molar-refractivity contribution >= 4 is 17.1 Å². The highest BCUT2D eigenvalue weighted by Gasteiger charge is 2.35. The Kier molecular flexibility index (Phi) is 5.86. The first kappa shape index (κ1) is 23.8. The summed E-state index contributed by atoms with van der Waals surface area (Å²) in [6.45, 7) is 6.82. The van der Waals surface area contributed by atoms with Gasteiger partial charge in [0.15, 0.2) is 0 Å². The maximum Gasteiger partial charge on any atom is 0.0991 e. The number of hydrogen-bond acceptors (Lipinski definition) is 2. The van der Waals surface area contributed by atoms with Gasteiger partial charge in [0.1, 0.15) is 0 Å². The zero-order chi connectivity index (χ0) is 26.3. The van der Waals surface area contributed by atoms with Crippen molar-refractivity contribution in [2.24, 2.45) is 0 Å². The molecule has 38 heavy (non-hydrogen) atoms. The van der Waals surface area contributed by atoms with Crippen molar-refractivity contribution in [3.05, 3.63) is 149 Å². The Bertz CT molecular complexity index is 1670. The van der Waals surface area contributed by atoms with Crippen LogP contribution in [0.1, 0.15) is 47.2 Å². The van der Waals surface area contributed by atoms with Gasteiger partial charge >= 0.3 is 0 Å². The Morgan fingerprint density at radius 2 is 1.29 bits per heavy atom. The average Bonchev–Trinajstić information content (AvgIpc) is 3.18. The van der Waals surface area contributed by atoms with Crippen molar-refractivity contribution in [1.82, 2.24) is 0 Å². The van der Waals surface area contributed by atoms with Gasteiger partial charge < -0.3 is 4.90 Å². The molecule has 0 aliphatic heterocycles. The molecule has 2 nitrogen and oxygen atoms in total. The number of fused-ring (bicyclic) bond motifs is 3. The smallest absolute Gasteiger partial charge is 0.0991 e. The zero-order valence-electron chi connectivity index (χ0n) is 22.1. The van der Waals surface area contributed by atoms with Crippen LogP contribution in [-0.4, -0.2) is 0 Å². The molecular weight excluding hydrogens is 460 g/mol. The van der Waals surface area contributed by atoms with Gasteiger partial charge in [-0.25, -0.2) is 0 Å². The predicted molar refractivity (Wildman–Crippen MR) is 157 cm³/mol. The third kappa shape index (κ3) is 4.07. The van der Waals surface area contributed by atoms with Crippen molar-refractivity contribution < 1.29 is 0 Å². The van der Waals surface area contributed by atoms with Gasteiger partial charge in [0, 0.05) is 22.5 Å². The predicted octanol–water partition coefficient (Wildman–Crippen LogP) is 9.23. The summed E-state index contributed by atoms with van der Waals surface area (Å²) >= 11 is 0. The lowest BCUT2D eigenvalue weighted by molar-refractivity contribution is 0.660. The van der Waals surface area contributed by atoms with Gasteiger partial charge in [0.05, 0.1) is 11.6 Å². The lowest BCUT2D eigenvalue weighted by atomic mass is 9.82. The largest absolute Gasteiger partial charge is 0.310 e. The summed E-state index contributed by atoms with van der Waals surface area (Å²) in [4.78, 5) is 2.31. The fourth-order valence-corrected chi connectivity index (χ4v) is 5.77. The third-order valence-electron chi connectivity index (χ3n) is 7.91. The molecule has 0 saturated carbocycles. The van der Waals surface area contributed by atoms with Crippen LogP contribution in [-0.2, 0) is 11.8 Å². The molecule has 0 radical (unpaired) electrons. The fraction of sp³-hybridized carbons (Fsp3) is 0.139. The van der Waals surface area contributed by atoms with Gasteiger partial charge in [-0.15, -0.1) is 0 Å². The van der Waals surface area contributed by atoms with E-state index in [1.165, 1.54) is 38.9 Å². The van der Waals surface area contributed by atoms with E-state index in [2.05, 4.69) is 123 Å². The molecule has 0 unspecified atom stereocenters. The Balaban J connectivity index is 1.49. The van der Waals surface area contributed by atoms with E-state index in [-0.39, 0.29) is 5.41 Å². The van der Waals surface area contributed by atoms with Crippen LogP contribution in [0.15, 0.2) is 115 Å². The number of nitriles is 1. The molecule has 0 aromatic heterocycles. The lowest BCUT2D eigenvalue weighted by Gasteiger charge is -2.29. The van der Waals surface area contributed by atoms with Crippen LogP contribution >= 0.6 is 0 Å². The highest BCUT2D eigenvalue weighted by atomic mass is 15.1. The van der Waals surface area contributed by atoms with E-state index in [4.69, 9.17) is 0 Å². The molecule has 1 aliphatic rings. The van der Waals surface area contributed by atoms with Gasteiger partial charge in [-0.3, -0.25) is 0 Å². The first-order valence-electron chi connectivity index (χ1n) is 13.1. The molecule has 6 rings (SSSR count). The molecule has 0 heterocycles. The molecule has 0 N–H and O–H groups in total. The van der Waals surface area contributed by atoms with Crippen LogP contribution in [0.5, 0.6) is 0 Å². The Labute approximate surface area is 225 Å². The molecule has 0 amide bonds. The molecular formula is C36H30N2. The number of benzene rings is 5. The van der Waals surface area contributed by atoms with Crippen LogP contribution in [0, 0.1) is 18.3 Å². The Morgan fingerprint density at radius 1 is 0.658 bits per heavy atom. The van der Waals surface area contributed by atoms with Crippen molar-refractivity contribution in [2.45, 2.75) is 32.6 Å². The molecule has 0 spiro atoms. The van der Waals surface area contributed by atoms with Gasteiger partial charge in [-0.05, 0) is 101 Å². The first-order valence-corrected chi connectivity index (χ1v) is 13.1. The van der Waals surface area contributed by atoms with Crippen LogP contribution in [0.4, 0.5) is 17.1 Å². The molecule has 184 valence electrons. The Hall–Kier alpha value is -4.61. The molecule has 2 heteroatoms. The van der Waals surface area contributed by atoms with Crippen LogP contribution in [0.3, 0.4) is 0 Å². The maximum atomic E-state index is 9.39. The standard InChI is InChI=1S/C36H30N2/c1-25-13-16-30(22-28(25)21-26-9-5-4-6-10-26)38(29-17-14-27(24-37)15-18-29)31-19-20-33-32-11-7-8-12-34(32)36(2,3)35(33)23-31/h4-20,22-23H,21H2,1-3H3. The van der Waals surface area contributed by atoms with Crippen LogP contribution < -0.4 is 4.90 Å². The van der Waals surface area contributed by atoms with Crippen molar-refractivity contribution in [3.63, 3.8) is 0 Å². The van der Waals surface area contributed by atoms with Gasteiger partial charge in [0.2, 0.25) is 0 Å². The van der Waals surface area contributed by atoms with E-state index in [9.17, 15) is 5.26 Å². The van der Waals surface area contributed by atoms with E-state index in [0.717, 1.165) is 23.5 Å². The monoisotopic (exact) mass is 490 g/mol. The van der Waals surface area contributed by atoms with Crippen molar-refractivity contribution in [3.8, 4) is 17.2 Å². The summed E-state index contributed by atoms with van der Waals surface area (Å²) in [5.74, 6) is 0. The summed E-state index contributed by atoms with van der Waals surface area (Å²) in [6, 6.07) is 43.1. The summed E-state index contributed by atoms with van der Waals surface area (Å²) in [5, 5.41) is 9.39. The average molecular weight is 491 g/mol. The summed E-state index contributed by atoms with van der Waals surface area (Å²) in [6.07, 6.45) is 0.883. The molecule has 5 aromatic rings. The van der Waals surface area contributed by atoms with Gasteiger partial charge in [-0.1, -0.05) is 80.6 Å². The number of nitrogens with zero attached hydrogens (tertiary/aromatic N) is 2. The topological polar surface area (TPSA) is 27.0 Å². The Morgan fingerprint density at radius 3 is 2.05 bits per heavy atom. The van der Waals surface area contributed by atoms with E-state index < -0.39 is 0 Å². The quantitative estimate of drug-likeness (QED) is 0.245. The van der Waals surface area contributed by atoms with Gasteiger partial charge in [0.25, 0.3) is 0 Å². The number of anilines is 3. The second kappa shape index (κ2) is 9.36. The van der Waals surface area contributed by atoms with E-state index in [1.54, 1.807) is 0 Å². The number of aryl methyl sites for hydroxylation is 1. The van der Waals surface area contributed by atoms with E-state index in [1.807, 2.05) is 24.3 Å². The zero-order valence-corrected chi connectivity index (χ0v) is 22.1. The number of hydrogen-bond donors (Lipinski definition) is 0. The molecule has 0 atom stereocenters. The van der Waals surface area contributed by atoms with E-state index in [0.29, 0.717) is 5.56 Å². The number of rotatable bonds is 5. The van der Waals surface area contributed by atoms with Crippen LogP contribution in [0.2, 0.25) is 0 Å². The molecule has 5 aromatic carbocycles. The minimum atomic E-state index is -0.0793. The molecule has 0 saturated heterocycles. The lowest BCUT2D eigenvalue weighted by Crippen LogP contribution is -2.16. The maximum absolute atomic E-state index is 9.39. The molecule has 0 fully saturated rings. The highest BCUT2D eigenvalue weighted by Crippen LogP contribution is 2.50. The second-order valence-electron chi connectivity index (χ2n) is 10.7. The minimum absolute atomic E-state index is 0.0793. The SMILES string of the molecule is Cc1ccc(N(c2ccc(C#N)cc2)c2ccc3c(c2)C(C)(C)c2ccccc2-3)cc1Cc1ccccc1. The van der Waals surface area contributed by atoms with Crippen LogP contribution in [0.25, 0.3) is 11.1 Å². The van der Waals surface area contributed by atoms with Crippen molar-refractivity contribution in [2.75, 3.05) is 4.90 Å². The molecule has 1 aliphatic carbocycles. The first-order chi connectivity index (χ1) is 18.5. The summed E-state index contributed by atoms with van der Waals surface area (Å²) in [5.41, 5.74) is 13.1. The fourth-order valence-electron chi connectivity index (χ4n) is 5.77. The third-order valence-corrected chi connectivity index (χ3v) is 7.91. The minimum Gasteiger partial charge on any atom is -0.310 e. The normalized spacial score (nSPS) is 12.9. The van der Waals surface area contributed by atoms with Gasteiger partial charge in [-0.2, -0.15) is 5.26 Å². The second-order valence-corrected chi connectivity index (χ2v) is 10.7. The summed E-state index contributed by atoms with van der Waals surface area (Å²) in [7, 11) is 0. The summed E-state index contributed by atoms with van der Waals surface area (Å²) < 4.78 is 0.